The summed E-state index contributed by atoms with van der Waals surface area (Å²) in [7, 11) is 3.20. The maximum Gasteiger partial charge on any atom is 0.323 e. The van der Waals surface area contributed by atoms with Gasteiger partial charge in [-0.3, -0.25) is 10.1 Å². The van der Waals surface area contributed by atoms with Gasteiger partial charge in [0.05, 0.1) is 14.2 Å². The van der Waals surface area contributed by atoms with E-state index in [9.17, 15) is 9.90 Å². The van der Waals surface area contributed by atoms with Crippen molar-refractivity contribution in [2.24, 2.45) is 5.92 Å². The number of ether oxygens (including phenoxy) is 3. The van der Waals surface area contributed by atoms with Gasteiger partial charge in [0.25, 0.3) is 0 Å². The Balaban J connectivity index is 1.58. The van der Waals surface area contributed by atoms with Crippen LogP contribution in [0.25, 0.3) is 0 Å². The van der Waals surface area contributed by atoms with Gasteiger partial charge in [-0.05, 0) is 36.1 Å². The third-order valence-electron chi connectivity index (χ3n) is 4.77. The second-order valence-electron chi connectivity index (χ2n) is 6.68. The van der Waals surface area contributed by atoms with Gasteiger partial charge in [-0.1, -0.05) is 30.3 Å². The molecule has 27 heavy (non-hydrogen) atoms. The average Bonchev–Trinajstić information content (AvgIpc) is 3.07. The van der Waals surface area contributed by atoms with E-state index in [1.54, 1.807) is 20.3 Å². The maximum atomic E-state index is 12.3. The molecule has 3 atom stereocenters. The Labute approximate surface area is 159 Å². The number of aliphatic hydroxyl groups excluding tert-OH is 1. The zero-order chi connectivity index (χ0) is 19.2. The van der Waals surface area contributed by atoms with E-state index in [1.165, 1.54) is 0 Å². The molecule has 0 spiro atoms. The van der Waals surface area contributed by atoms with Crippen LogP contribution in [-0.4, -0.2) is 37.6 Å². The summed E-state index contributed by atoms with van der Waals surface area (Å²) in [5.74, 6) is 0.951. The van der Waals surface area contributed by atoms with Gasteiger partial charge in [0.15, 0.2) is 0 Å². The van der Waals surface area contributed by atoms with E-state index < -0.39 is 12.3 Å². The van der Waals surface area contributed by atoms with E-state index in [1.807, 2.05) is 42.5 Å². The third-order valence-corrected chi connectivity index (χ3v) is 4.77. The summed E-state index contributed by atoms with van der Waals surface area (Å²) in [6.07, 6.45) is 0.342. The van der Waals surface area contributed by atoms with Crippen molar-refractivity contribution in [1.82, 2.24) is 5.32 Å². The zero-order valence-electron chi connectivity index (χ0n) is 15.6. The molecule has 2 N–H and O–H groups in total. The fourth-order valence-corrected chi connectivity index (χ4v) is 3.32. The molecule has 1 unspecified atom stereocenters. The van der Waals surface area contributed by atoms with Crippen molar-refractivity contribution in [3.05, 3.63) is 59.7 Å². The molecule has 0 aliphatic carbocycles. The van der Waals surface area contributed by atoms with E-state index in [0.29, 0.717) is 24.3 Å². The normalized spacial score (nSPS) is 21.7. The molecule has 0 saturated carbocycles. The van der Waals surface area contributed by atoms with Crippen molar-refractivity contribution in [2.45, 2.75) is 31.7 Å². The monoisotopic (exact) mass is 371 g/mol. The molecule has 0 aromatic heterocycles. The highest BCUT2D eigenvalue weighted by molar-refractivity contribution is 5.76. The summed E-state index contributed by atoms with van der Waals surface area (Å²) < 4.78 is 16.0. The summed E-state index contributed by atoms with van der Waals surface area (Å²) in [5.41, 5.74) is 1.92. The number of methoxy groups -OCH3 is 2. The van der Waals surface area contributed by atoms with Crippen LogP contribution < -0.4 is 14.8 Å². The van der Waals surface area contributed by atoms with Gasteiger partial charge in [-0.2, -0.15) is 0 Å². The predicted molar refractivity (Wildman–Crippen MR) is 101 cm³/mol. The number of rotatable bonds is 7. The fourth-order valence-electron chi connectivity index (χ4n) is 3.32. The van der Waals surface area contributed by atoms with E-state index in [-0.39, 0.29) is 18.5 Å². The highest BCUT2D eigenvalue weighted by Crippen LogP contribution is 2.29. The lowest BCUT2D eigenvalue weighted by molar-refractivity contribution is -0.147. The molecule has 144 valence electrons. The number of nitrogens with one attached hydrogen (secondary N) is 1. The highest BCUT2D eigenvalue weighted by Gasteiger charge is 2.37. The predicted octanol–water partition coefficient (Wildman–Crippen LogP) is 2.29. The number of carbonyl (C=O) groups is 1. The van der Waals surface area contributed by atoms with Crippen LogP contribution in [-0.2, 0) is 22.6 Å². The van der Waals surface area contributed by atoms with Crippen LogP contribution in [0.3, 0.4) is 0 Å². The van der Waals surface area contributed by atoms with Crippen molar-refractivity contribution >= 4 is 5.97 Å². The van der Waals surface area contributed by atoms with Crippen molar-refractivity contribution in [2.75, 3.05) is 14.2 Å². The zero-order valence-corrected chi connectivity index (χ0v) is 15.6. The number of benzene rings is 2. The number of hydrogen-bond donors (Lipinski definition) is 2. The summed E-state index contributed by atoms with van der Waals surface area (Å²) in [5, 5.41) is 13.3. The Hall–Kier alpha value is -2.57. The highest BCUT2D eigenvalue weighted by atomic mass is 16.5. The Morgan fingerprint density at radius 1 is 1.07 bits per heavy atom. The van der Waals surface area contributed by atoms with E-state index in [4.69, 9.17) is 14.2 Å². The molecular weight excluding hydrogens is 346 g/mol. The summed E-state index contributed by atoms with van der Waals surface area (Å²) in [4.78, 5) is 12.3. The van der Waals surface area contributed by atoms with Crippen LogP contribution in [0.15, 0.2) is 48.5 Å². The number of aliphatic hydroxyl groups is 1. The number of hydrogen-bond acceptors (Lipinski definition) is 6. The molecular formula is C21H25NO5. The first-order valence-corrected chi connectivity index (χ1v) is 8.95. The first-order chi connectivity index (χ1) is 13.1. The van der Waals surface area contributed by atoms with Crippen LogP contribution in [0.5, 0.6) is 11.5 Å². The molecule has 1 aliphatic heterocycles. The SMILES string of the molecule is COc1cc(C[C@H]2C[C@H](C(=O)OCc3ccccc3)NC2O)cc(OC)c1. The minimum absolute atomic E-state index is 0.101. The Bertz CT molecular complexity index is 742. The Kier molecular flexibility index (Phi) is 6.32. The lowest BCUT2D eigenvalue weighted by Gasteiger charge is -2.15. The lowest BCUT2D eigenvalue weighted by atomic mass is 9.95. The number of carbonyl (C=O) groups excluding carboxylic acids is 1. The van der Waals surface area contributed by atoms with Crippen LogP contribution in [0, 0.1) is 5.92 Å². The van der Waals surface area contributed by atoms with Crippen LogP contribution in [0.1, 0.15) is 17.5 Å². The van der Waals surface area contributed by atoms with E-state index in [2.05, 4.69) is 5.32 Å². The van der Waals surface area contributed by atoms with Crippen molar-refractivity contribution in [3.63, 3.8) is 0 Å². The smallest absolute Gasteiger partial charge is 0.323 e. The van der Waals surface area contributed by atoms with Crippen LogP contribution in [0.2, 0.25) is 0 Å². The van der Waals surface area contributed by atoms with E-state index >= 15 is 0 Å². The van der Waals surface area contributed by atoms with Crippen LogP contribution >= 0.6 is 0 Å². The second-order valence-corrected chi connectivity index (χ2v) is 6.68. The molecule has 0 bridgehead atoms. The minimum atomic E-state index is -0.767. The molecule has 3 rings (SSSR count). The van der Waals surface area contributed by atoms with Gasteiger partial charge >= 0.3 is 5.97 Å². The average molecular weight is 371 g/mol. The van der Waals surface area contributed by atoms with Gasteiger partial charge in [0, 0.05) is 12.0 Å². The number of esters is 1. The third kappa shape index (κ3) is 4.99. The minimum Gasteiger partial charge on any atom is -0.497 e. The molecule has 1 heterocycles. The summed E-state index contributed by atoms with van der Waals surface area (Å²) in [6, 6.07) is 14.6. The topological polar surface area (TPSA) is 77.0 Å². The van der Waals surface area contributed by atoms with Crippen LogP contribution in [0.4, 0.5) is 0 Å². The quantitative estimate of drug-likeness (QED) is 0.727. The molecule has 0 amide bonds. The molecule has 0 radical (unpaired) electrons. The van der Waals surface area contributed by atoms with Crippen molar-refractivity contribution < 1.29 is 24.1 Å². The largest absolute Gasteiger partial charge is 0.497 e. The molecule has 1 aliphatic rings. The fraction of sp³-hybridized carbons (Fsp3) is 0.381. The van der Waals surface area contributed by atoms with Gasteiger partial charge in [-0.15, -0.1) is 0 Å². The van der Waals surface area contributed by atoms with Gasteiger partial charge in [0.2, 0.25) is 0 Å². The van der Waals surface area contributed by atoms with Gasteiger partial charge in [0.1, 0.15) is 30.4 Å². The molecule has 6 nitrogen and oxygen atoms in total. The summed E-state index contributed by atoms with van der Waals surface area (Å²) in [6.45, 7) is 0.228. The molecule has 1 fully saturated rings. The maximum absolute atomic E-state index is 12.3. The van der Waals surface area contributed by atoms with Crippen molar-refractivity contribution in [1.29, 1.82) is 0 Å². The summed E-state index contributed by atoms with van der Waals surface area (Å²) >= 11 is 0. The van der Waals surface area contributed by atoms with Gasteiger partial charge < -0.3 is 19.3 Å². The first kappa shape index (κ1) is 19.2. The van der Waals surface area contributed by atoms with Gasteiger partial charge in [-0.25, -0.2) is 0 Å². The molecule has 1 saturated heterocycles. The first-order valence-electron chi connectivity index (χ1n) is 8.95. The molecule has 2 aromatic carbocycles. The standard InChI is InChI=1S/C21H25NO5/c1-25-17-9-15(10-18(12-17)26-2)8-16-11-19(22-20(16)23)21(24)27-13-14-6-4-3-5-7-14/h3-7,9-10,12,16,19-20,22-23H,8,11,13H2,1-2H3/t16-,19+,20?/m0/s1. The molecule has 6 heteroatoms. The van der Waals surface area contributed by atoms with Crippen molar-refractivity contribution in [3.8, 4) is 11.5 Å². The lowest BCUT2D eigenvalue weighted by Crippen LogP contribution is -2.37. The molecule has 2 aromatic rings. The van der Waals surface area contributed by atoms with E-state index in [0.717, 1.165) is 11.1 Å². The second kappa shape index (κ2) is 8.88. The Morgan fingerprint density at radius 3 is 2.37 bits per heavy atom. The Morgan fingerprint density at radius 2 is 1.74 bits per heavy atom.